The minimum absolute atomic E-state index is 0.123. The van der Waals surface area contributed by atoms with Gasteiger partial charge in [0.2, 0.25) is 11.9 Å². The molecular weight excluding hydrogens is 694 g/mol. The Bertz CT molecular complexity index is 2210. The molecule has 0 unspecified atom stereocenters. The molecule has 0 spiro atoms. The Labute approximate surface area is 302 Å². The molecule has 0 saturated carbocycles. The van der Waals surface area contributed by atoms with Crippen LogP contribution in [0, 0.1) is 21.7 Å². The lowest BCUT2D eigenvalue weighted by atomic mass is 10.0. The third-order valence-corrected chi connectivity index (χ3v) is 9.23. The van der Waals surface area contributed by atoms with Gasteiger partial charge in [-0.25, -0.2) is 13.8 Å². The molecule has 2 aliphatic rings. The van der Waals surface area contributed by atoms with Crippen LogP contribution in [0.3, 0.4) is 0 Å². The number of benzene rings is 1. The van der Waals surface area contributed by atoms with Crippen LogP contribution >= 0.6 is 0 Å². The number of likely N-dealkylation sites (N-methyl/N-ethyl adjacent to an activating group) is 1. The Morgan fingerprint density at radius 3 is 2.47 bits per heavy atom. The molecule has 0 radical (unpaired) electrons. The first kappa shape index (κ1) is 36.7. The second-order valence-electron chi connectivity index (χ2n) is 13.4. The Kier molecular flexibility index (Phi) is 10.3. The van der Waals surface area contributed by atoms with Gasteiger partial charge >= 0.3 is 5.82 Å². The summed E-state index contributed by atoms with van der Waals surface area (Å²) < 4.78 is 45.2. The zero-order chi connectivity index (χ0) is 38.0. The van der Waals surface area contributed by atoms with Gasteiger partial charge in [0.1, 0.15) is 18.4 Å². The fourth-order valence-corrected chi connectivity index (χ4v) is 6.62. The van der Waals surface area contributed by atoms with E-state index in [2.05, 4.69) is 25.4 Å². The smallest absolute Gasteiger partial charge is 0.368 e. The summed E-state index contributed by atoms with van der Waals surface area (Å²) in [6, 6.07) is 3.64. The maximum atomic E-state index is 15.8. The molecule has 18 heteroatoms. The number of ether oxygens (including phenoxy) is 2. The minimum Gasteiger partial charge on any atom is -0.494 e. The van der Waals surface area contributed by atoms with Crippen molar-refractivity contribution in [2.24, 2.45) is 12.0 Å². The summed E-state index contributed by atoms with van der Waals surface area (Å²) in [5, 5.41) is 19.0. The summed E-state index contributed by atoms with van der Waals surface area (Å²) in [4.78, 5) is 53.0. The fraction of sp³-hybridized carbons (Fsp3) is 0.371. The van der Waals surface area contributed by atoms with E-state index in [1.807, 2.05) is 14.1 Å². The van der Waals surface area contributed by atoms with Crippen LogP contribution < -0.4 is 20.3 Å². The van der Waals surface area contributed by atoms with E-state index in [1.54, 1.807) is 35.0 Å². The number of pyridine rings is 1. The highest BCUT2D eigenvalue weighted by molar-refractivity contribution is 5.87. The molecule has 53 heavy (non-hydrogen) atoms. The molecule has 0 atom stereocenters. The quantitative estimate of drug-likeness (QED) is 0.0972. The average molecular weight is 734 g/mol. The molecule has 1 fully saturated rings. The van der Waals surface area contributed by atoms with E-state index >= 15 is 8.78 Å². The van der Waals surface area contributed by atoms with E-state index in [1.165, 1.54) is 43.3 Å². The predicted molar refractivity (Wildman–Crippen MR) is 192 cm³/mol. The lowest BCUT2D eigenvalue weighted by Crippen LogP contribution is -2.42. The lowest BCUT2D eigenvalue weighted by molar-refractivity contribution is -0.880. The Morgan fingerprint density at radius 1 is 1.15 bits per heavy atom. The number of carbonyl (C=O) groups excluding carboxylic acids is 1. The van der Waals surface area contributed by atoms with Crippen molar-refractivity contribution in [1.82, 2.24) is 29.2 Å². The molecule has 1 aromatic carbocycles. The first-order chi connectivity index (χ1) is 25.3. The number of aryl methyl sites for hydroxylation is 1. The fourth-order valence-electron chi connectivity index (χ4n) is 6.62. The second kappa shape index (κ2) is 14.9. The number of anilines is 2. The molecular formula is C35H39F2N10O6+. The van der Waals surface area contributed by atoms with Crippen LogP contribution in [0.4, 0.5) is 20.5 Å². The van der Waals surface area contributed by atoms with Gasteiger partial charge in [0.05, 0.1) is 51.6 Å². The highest BCUT2D eigenvalue weighted by Crippen LogP contribution is 2.38. The number of fused-ring (bicyclic) bond motifs is 1. The van der Waals surface area contributed by atoms with E-state index in [0.29, 0.717) is 66.7 Å². The molecule has 3 aromatic heterocycles. The van der Waals surface area contributed by atoms with Gasteiger partial charge in [0, 0.05) is 68.6 Å². The number of piperidine rings is 1. The number of aliphatic imine (C=N–C) groups is 1. The van der Waals surface area contributed by atoms with Crippen molar-refractivity contribution in [3.05, 3.63) is 86.2 Å². The van der Waals surface area contributed by atoms with Crippen molar-refractivity contribution in [3.63, 3.8) is 0 Å². The van der Waals surface area contributed by atoms with Crippen LogP contribution in [0.5, 0.6) is 11.5 Å². The number of methoxy groups -OCH3 is 2. The maximum absolute atomic E-state index is 15.8. The summed E-state index contributed by atoms with van der Waals surface area (Å²) in [6.45, 7) is 1.43. The number of aromatic nitrogens is 5. The van der Waals surface area contributed by atoms with Crippen molar-refractivity contribution in [2.75, 3.05) is 59.8 Å². The monoisotopic (exact) mass is 733 g/mol. The largest absolute Gasteiger partial charge is 0.494 e. The molecule has 1 saturated heterocycles. The molecule has 16 nitrogen and oxygen atoms in total. The number of halogens is 2. The summed E-state index contributed by atoms with van der Waals surface area (Å²) in [5.41, 5.74) is -0.708. The van der Waals surface area contributed by atoms with Crippen molar-refractivity contribution < 1.29 is 32.5 Å². The minimum atomic E-state index is -1.07. The number of hydrogen-bond acceptors (Lipinski definition) is 11. The Morgan fingerprint density at radius 2 is 1.85 bits per heavy atom. The van der Waals surface area contributed by atoms with E-state index < -0.39 is 33.7 Å². The lowest BCUT2D eigenvalue weighted by Gasteiger charge is -2.33. The van der Waals surface area contributed by atoms with Gasteiger partial charge in [0.15, 0.2) is 29.0 Å². The Hall–Kier alpha value is -6.04. The van der Waals surface area contributed by atoms with Crippen LogP contribution in [0.25, 0.3) is 22.2 Å². The zero-order valence-electron chi connectivity index (χ0n) is 29.9. The molecule has 0 aliphatic carbocycles. The van der Waals surface area contributed by atoms with Gasteiger partial charge in [-0.05, 0) is 29.9 Å². The second-order valence-corrected chi connectivity index (χ2v) is 13.4. The molecule has 2 aliphatic heterocycles. The van der Waals surface area contributed by atoms with Gasteiger partial charge in [-0.3, -0.25) is 18.8 Å². The molecule has 5 heterocycles. The average Bonchev–Trinajstić information content (AvgIpc) is 3.76. The summed E-state index contributed by atoms with van der Waals surface area (Å²) in [5.74, 6) is -2.46. The highest BCUT2D eigenvalue weighted by atomic mass is 19.1. The highest BCUT2D eigenvalue weighted by Gasteiger charge is 2.31. The van der Waals surface area contributed by atoms with E-state index in [-0.39, 0.29) is 40.4 Å². The van der Waals surface area contributed by atoms with E-state index in [0.717, 1.165) is 6.07 Å². The van der Waals surface area contributed by atoms with Crippen LogP contribution in [0.2, 0.25) is 0 Å². The van der Waals surface area contributed by atoms with Gasteiger partial charge in [-0.15, -0.1) is 0 Å². The zero-order valence-corrected chi connectivity index (χ0v) is 29.9. The number of nitro groups is 1. The number of quaternary nitrogens is 1. The number of amides is 1. The normalized spacial score (nSPS) is 15.2. The predicted octanol–water partition coefficient (Wildman–Crippen LogP) is 3.99. The number of carbonyl (C=O) groups is 1. The van der Waals surface area contributed by atoms with Gasteiger partial charge in [-0.2, -0.15) is 10.1 Å². The summed E-state index contributed by atoms with van der Waals surface area (Å²) >= 11 is 0. The van der Waals surface area contributed by atoms with Crippen LogP contribution in [0.1, 0.15) is 25.3 Å². The molecule has 1 amide bonds. The summed E-state index contributed by atoms with van der Waals surface area (Å²) in [6.07, 6.45) is 9.06. The van der Waals surface area contributed by atoms with Crippen molar-refractivity contribution in [3.8, 4) is 22.6 Å². The molecule has 0 bridgehead atoms. The van der Waals surface area contributed by atoms with Gasteiger partial charge < -0.3 is 34.3 Å². The number of nitrogens with one attached hydrogen (secondary N) is 1. The third-order valence-electron chi connectivity index (χ3n) is 9.23. The van der Waals surface area contributed by atoms with Crippen LogP contribution in [0.15, 0.2) is 63.9 Å². The number of rotatable bonds is 12. The first-order valence-electron chi connectivity index (χ1n) is 16.8. The summed E-state index contributed by atoms with van der Waals surface area (Å²) in [7, 11) is 8.04. The maximum Gasteiger partial charge on any atom is 0.368 e. The van der Waals surface area contributed by atoms with Gasteiger partial charge in [0.25, 0.3) is 5.56 Å². The van der Waals surface area contributed by atoms with Crippen LogP contribution in [-0.2, 0) is 11.8 Å². The number of hydrogen-bond donors (Lipinski definition) is 1. The van der Waals surface area contributed by atoms with Crippen molar-refractivity contribution in [1.29, 1.82) is 0 Å². The Balaban J connectivity index is 1.28. The molecule has 4 aromatic rings. The standard InChI is InChI=1S/C35H38F2N10O6/c1-43-13-11-27(42-43)40-35-39-19-22-17-24(29-30(36)25(52-4)18-26(53-5)31(29)37)34(49)45(33(22)41-35)23-9-14-44(15-10-23)28(48)7-6-16-47(2,3)20-21-8-12-38-32(21)46(50)51/h6-7,11-13,17-19,23H,8-10,14-16,20H2,1-5H3/p+1/b7-6+. The molecule has 1 N–H and O–H groups in total. The first-order valence-corrected chi connectivity index (χ1v) is 16.8. The van der Waals surface area contributed by atoms with E-state index in [9.17, 15) is 19.7 Å². The van der Waals surface area contributed by atoms with E-state index in [4.69, 9.17) is 9.47 Å². The number of nitrogens with zero attached hydrogens (tertiary/aromatic N) is 9. The molecule has 6 rings (SSSR count). The molecule has 278 valence electrons. The SMILES string of the molecule is COc1cc(OC)c(F)c(-c2cc3cnc(Nc4ccn(C)n4)nc3n(C3CCN(C(=O)/C=C/C[N+](C)(C)CC4=C([N+](=O)[O-])N=CC4)CC3)c2=O)c1F. The number of likely N-dealkylation sites (tertiary alicyclic amines) is 1. The third kappa shape index (κ3) is 7.62. The van der Waals surface area contributed by atoms with Gasteiger partial charge in [-0.1, -0.05) is 4.99 Å². The van der Waals surface area contributed by atoms with Crippen LogP contribution in [-0.4, -0.2) is 105 Å². The van der Waals surface area contributed by atoms with Crippen molar-refractivity contribution in [2.45, 2.75) is 25.3 Å². The topological polar surface area (TPSA) is 172 Å². The van der Waals surface area contributed by atoms with Crippen molar-refractivity contribution >= 4 is 34.9 Å².